The summed E-state index contributed by atoms with van der Waals surface area (Å²) in [6.07, 6.45) is 1.04. The minimum Gasteiger partial charge on any atom is -0.480 e. The Morgan fingerprint density at radius 2 is 1.81 bits per heavy atom. The Morgan fingerprint density at radius 1 is 1.03 bits per heavy atom. The molecule has 2 heterocycles. The molecule has 5 nitrogen and oxygen atoms in total. The van der Waals surface area contributed by atoms with Gasteiger partial charge in [-0.15, -0.1) is 0 Å². The molecule has 0 radical (unpaired) electrons. The van der Waals surface area contributed by atoms with Gasteiger partial charge in [0.15, 0.2) is 0 Å². The van der Waals surface area contributed by atoms with Gasteiger partial charge in [0.2, 0.25) is 5.91 Å². The molecule has 3 aromatic carbocycles. The van der Waals surface area contributed by atoms with Crippen LogP contribution in [0.5, 0.6) is 0 Å². The first-order valence-electron chi connectivity index (χ1n) is 10.6. The quantitative estimate of drug-likeness (QED) is 0.676. The van der Waals surface area contributed by atoms with Crippen molar-refractivity contribution in [3.63, 3.8) is 0 Å². The Labute approximate surface area is 179 Å². The van der Waals surface area contributed by atoms with Crippen molar-refractivity contribution < 1.29 is 19.1 Å². The number of benzene rings is 3. The van der Waals surface area contributed by atoms with Crippen LogP contribution in [0.4, 0.5) is 10.1 Å². The number of hydrogen-bond acceptors (Lipinski definition) is 3. The van der Waals surface area contributed by atoms with Gasteiger partial charge in [0, 0.05) is 37.7 Å². The summed E-state index contributed by atoms with van der Waals surface area (Å²) in [5, 5.41) is 12.3. The molecule has 1 saturated heterocycles. The summed E-state index contributed by atoms with van der Waals surface area (Å²) in [6, 6.07) is 17.4. The Hall–Kier alpha value is -3.41. The van der Waals surface area contributed by atoms with Gasteiger partial charge in [-0.1, -0.05) is 42.5 Å². The largest absolute Gasteiger partial charge is 0.480 e. The molecular formula is C25H23FN2O3. The average molecular weight is 418 g/mol. The first-order valence-corrected chi connectivity index (χ1v) is 10.6. The van der Waals surface area contributed by atoms with Crippen LogP contribution < -0.4 is 4.90 Å². The van der Waals surface area contributed by atoms with E-state index in [2.05, 4.69) is 0 Å². The highest BCUT2D eigenvalue weighted by Gasteiger charge is 2.45. The van der Waals surface area contributed by atoms with Crippen LogP contribution in [0.2, 0.25) is 0 Å². The lowest BCUT2D eigenvalue weighted by atomic mass is 9.90. The lowest BCUT2D eigenvalue weighted by molar-refractivity contribution is -0.139. The molecule has 1 fully saturated rings. The summed E-state index contributed by atoms with van der Waals surface area (Å²) in [5.74, 6) is -2.08. The lowest BCUT2D eigenvalue weighted by Crippen LogP contribution is -2.45. The Bertz CT molecular complexity index is 1170. The third-order valence-corrected chi connectivity index (χ3v) is 6.49. The summed E-state index contributed by atoms with van der Waals surface area (Å²) < 4.78 is 14.1. The Morgan fingerprint density at radius 3 is 2.55 bits per heavy atom. The van der Waals surface area contributed by atoms with Crippen molar-refractivity contribution in [3.05, 3.63) is 77.6 Å². The molecule has 0 aromatic heterocycles. The number of hydrogen-bond donors (Lipinski definition) is 1. The fourth-order valence-electron chi connectivity index (χ4n) is 4.83. The van der Waals surface area contributed by atoms with Gasteiger partial charge in [-0.25, -0.2) is 9.18 Å². The normalized spacial score (nSPS) is 19.9. The fourth-order valence-corrected chi connectivity index (χ4v) is 4.83. The first-order chi connectivity index (χ1) is 15.0. The smallest absolute Gasteiger partial charge is 0.327 e. The number of carbonyl (C=O) groups is 2. The fraction of sp³-hybridized carbons (Fsp3) is 0.280. The molecule has 0 spiro atoms. The van der Waals surface area contributed by atoms with E-state index >= 15 is 0 Å². The first kappa shape index (κ1) is 19.5. The predicted molar refractivity (Wildman–Crippen MR) is 117 cm³/mol. The van der Waals surface area contributed by atoms with Crippen molar-refractivity contribution in [2.45, 2.75) is 31.3 Å². The van der Waals surface area contributed by atoms with Crippen molar-refractivity contribution in [2.24, 2.45) is 0 Å². The maximum Gasteiger partial charge on any atom is 0.327 e. The molecule has 31 heavy (non-hydrogen) atoms. The molecule has 1 amide bonds. The van der Waals surface area contributed by atoms with E-state index in [-0.39, 0.29) is 12.3 Å². The van der Waals surface area contributed by atoms with Gasteiger partial charge in [0.25, 0.3) is 0 Å². The number of rotatable bonds is 5. The van der Waals surface area contributed by atoms with E-state index in [1.807, 2.05) is 47.4 Å². The third-order valence-electron chi connectivity index (χ3n) is 6.49. The van der Waals surface area contributed by atoms with Crippen LogP contribution in [0.15, 0.2) is 60.7 Å². The highest BCUT2D eigenvalue weighted by atomic mass is 19.1. The van der Waals surface area contributed by atoms with Crippen LogP contribution >= 0.6 is 0 Å². The van der Waals surface area contributed by atoms with Crippen molar-refractivity contribution in [3.8, 4) is 0 Å². The number of carboxylic acid groups (broad SMARTS) is 1. The topological polar surface area (TPSA) is 60.9 Å². The van der Waals surface area contributed by atoms with E-state index in [9.17, 15) is 19.1 Å². The molecule has 6 heteroatoms. The lowest BCUT2D eigenvalue weighted by Gasteiger charge is -2.33. The number of carbonyl (C=O) groups excluding carboxylic acids is 1. The monoisotopic (exact) mass is 418 g/mol. The van der Waals surface area contributed by atoms with Gasteiger partial charge in [-0.2, -0.15) is 0 Å². The van der Waals surface area contributed by atoms with Crippen molar-refractivity contribution in [2.75, 3.05) is 18.0 Å². The third kappa shape index (κ3) is 3.42. The number of carboxylic acids is 1. The zero-order valence-electron chi connectivity index (χ0n) is 17.0. The van der Waals surface area contributed by atoms with Crippen molar-refractivity contribution in [1.29, 1.82) is 0 Å². The van der Waals surface area contributed by atoms with E-state index in [1.54, 1.807) is 11.0 Å². The van der Waals surface area contributed by atoms with E-state index in [4.69, 9.17) is 0 Å². The maximum absolute atomic E-state index is 14.1. The highest BCUT2D eigenvalue weighted by Crippen LogP contribution is 2.45. The number of aliphatic carboxylic acids is 1. The summed E-state index contributed by atoms with van der Waals surface area (Å²) in [6.45, 7) is 1.78. The minimum atomic E-state index is -1.00. The molecule has 0 saturated carbocycles. The number of halogens is 1. The van der Waals surface area contributed by atoms with Crippen LogP contribution in [0.3, 0.4) is 0 Å². The molecule has 2 atom stereocenters. The van der Waals surface area contributed by atoms with E-state index in [1.165, 1.54) is 12.1 Å². The number of anilines is 1. The van der Waals surface area contributed by atoms with Gasteiger partial charge >= 0.3 is 5.97 Å². The Kier molecular flexibility index (Phi) is 4.85. The molecule has 158 valence electrons. The standard InChI is InChI=1S/C25H23FN2O3/c26-18-9-10-22-20(13-18)21(14-23(29)27-11-4-12-27)24(25(30)31)28(22)15-17-7-3-6-16-5-1-2-8-19(16)17/h1-3,5-10,13,21,24H,4,11-12,14-15H2,(H,30,31). The highest BCUT2D eigenvalue weighted by molar-refractivity contribution is 5.89. The Balaban J connectivity index is 1.55. The van der Waals surface area contributed by atoms with Crippen molar-refractivity contribution >= 4 is 28.3 Å². The molecule has 0 bridgehead atoms. The predicted octanol–water partition coefficient (Wildman–Crippen LogP) is 4.16. The summed E-state index contributed by atoms with van der Waals surface area (Å²) in [4.78, 5) is 28.7. The molecule has 0 aliphatic carbocycles. The maximum atomic E-state index is 14.1. The minimum absolute atomic E-state index is 0.0651. The van der Waals surface area contributed by atoms with Crippen LogP contribution in [-0.2, 0) is 16.1 Å². The number of likely N-dealkylation sites (tertiary alicyclic amines) is 1. The molecular weight excluding hydrogens is 395 g/mol. The SMILES string of the molecule is O=C(O)C1C(CC(=O)N2CCC2)c2cc(F)ccc2N1Cc1cccc2ccccc12. The summed E-state index contributed by atoms with van der Waals surface area (Å²) >= 11 is 0. The van der Waals surface area contributed by atoms with Crippen LogP contribution in [0.1, 0.15) is 29.9 Å². The molecule has 2 unspecified atom stereocenters. The molecule has 2 aliphatic heterocycles. The van der Waals surface area contributed by atoms with E-state index in [0.29, 0.717) is 30.9 Å². The zero-order valence-corrected chi connectivity index (χ0v) is 17.0. The second kappa shape index (κ2) is 7.69. The summed E-state index contributed by atoms with van der Waals surface area (Å²) in [5.41, 5.74) is 2.28. The van der Waals surface area contributed by atoms with Gasteiger partial charge in [0.1, 0.15) is 11.9 Å². The molecule has 1 N–H and O–H groups in total. The van der Waals surface area contributed by atoms with Gasteiger partial charge in [0.05, 0.1) is 0 Å². The van der Waals surface area contributed by atoms with Crippen LogP contribution in [0, 0.1) is 5.82 Å². The van der Waals surface area contributed by atoms with E-state index in [0.717, 1.165) is 22.8 Å². The van der Waals surface area contributed by atoms with Crippen LogP contribution in [0.25, 0.3) is 10.8 Å². The molecule has 5 rings (SSSR count). The van der Waals surface area contributed by atoms with Gasteiger partial charge in [-0.05, 0) is 46.5 Å². The number of nitrogens with zero attached hydrogens (tertiary/aromatic N) is 2. The average Bonchev–Trinajstić information content (AvgIpc) is 2.99. The van der Waals surface area contributed by atoms with Crippen LogP contribution in [-0.4, -0.2) is 41.0 Å². The van der Waals surface area contributed by atoms with Gasteiger partial charge in [-0.3, -0.25) is 4.79 Å². The molecule has 2 aliphatic rings. The number of fused-ring (bicyclic) bond motifs is 2. The second-order valence-electron chi connectivity index (χ2n) is 8.30. The van der Waals surface area contributed by atoms with E-state index < -0.39 is 23.7 Å². The van der Waals surface area contributed by atoms with Crippen molar-refractivity contribution in [1.82, 2.24) is 4.90 Å². The number of amides is 1. The summed E-state index contributed by atoms with van der Waals surface area (Å²) in [7, 11) is 0. The van der Waals surface area contributed by atoms with Gasteiger partial charge < -0.3 is 14.9 Å². The zero-order chi connectivity index (χ0) is 21.5. The second-order valence-corrected chi connectivity index (χ2v) is 8.30. The molecule has 3 aromatic rings.